The summed E-state index contributed by atoms with van der Waals surface area (Å²) in [6.07, 6.45) is 9.31. The standard InChI is InChI=1S/C16H29N/c1-11(2)6-16-7-12-4-13(8-16)15(10-17-3)14(5-12)9-16/h11-15,17H,4-10H2,1-3H3. The van der Waals surface area contributed by atoms with Gasteiger partial charge in [-0.2, -0.15) is 0 Å². The smallest absolute Gasteiger partial charge is 0.00182 e. The predicted octanol–water partition coefficient (Wildman–Crippen LogP) is 3.69. The first-order valence-electron chi connectivity index (χ1n) is 7.76. The van der Waals surface area contributed by atoms with Crippen LogP contribution in [0.2, 0.25) is 0 Å². The lowest BCUT2D eigenvalue weighted by Gasteiger charge is -2.61. The number of hydrogen-bond acceptors (Lipinski definition) is 1. The molecule has 17 heavy (non-hydrogen) atoms. The van der Waals surface area contributed by atoms with Crippen LogP contribution in [-0.4, -0.2) is 13.6 Å². The van der Waals surface area contributed by atoms with Gasteiger partial charge in [0, 0.05) is 0 Å². The third-order valence-electron chi connectivity index (χ3n) is 5.88. The van der Waals surface area contributed by atoms with Crippen molar-refractivity contribution < 1.29 is 0 Å². The van der Waals surface area contributed by atoms with Crippen LogP contribution in [0.15, 0.2) is 0 Å². The van der Waals surface area contributed by atoms with E-state index in [0.717, 1.165) is 35.0 Å². The Bertz CT molecular complexity index is 263. The molecule has 4 bridgehead atoms. The van der Waals surface area contributed by atoms with Crippen molar-refractivity contribution in [2.75, 3.05) is 13.6 Å². The van der Waals surface area contributed by atoms with Gasteiger partial charge in [0.25, 0.3) is 0 Å². The first-order chi connectivity index (χ1) is 8.12. The van der Waals surface area contributed by atoms with Gasteiger partial charge in [-0.3, -0.25) is 0 Å². The van der Waals surface area contributed by atoms with E-state index >= 15 is 0 Å². The van der Waals surface area contributed by atoms with Crippen LogP contribution in [0.25, 0.3) is 0 Å². The van der Waals surface area contributed by atoms with Gasteiger partial charge in [0.2, 0.25) is 0 Å². The molecule has 0 aromatic carbocycles. The quantitative estimate of drug-likeness (QED) is 0.783. The van der Waals surface area contributed by atoms with E-state index < -0.39 is 0 Å². The van der Waals surface area contributed by atoms with E-state index in [1.165, 1.54) is 13.0 Å². The zero-order valence-corrected chi connectivity index (χ0v) is 11.8. The van der Waals surface area contributed by atoms with Crippen LogP contribution in [0, 0.1) is 35.0 Å². The summed E-state index contributed by atoms with van der Waals surface area (Å²) in [6, 6.07) is 0. The Hall–Kier alpha value is -0.0400. The van der Waals surface area contributed by atoms with Crippen molar-refractivity contribution in [3.63, 3.8) is 0 Å². The summed E-state index contributed by atoms with van der Waals surface area (Å²) in [4.78, 5) is 0. The first-order valence-corrected chi connectivity index (χ1v) is 7.76. The second-order valence-electron chi connectivity index (χ2n) is 7.79. The molecule has 0 amide bonds. The Labute approximate surface area is 107 Å². The van der Waals surface area contributed by atoms with Crippen LogP contribution in [-0.2, 0) is 0 Å². The van der Waals surface area contributed by atoms with Gasteiger partial charge in [0.1, 0.15) is 0 Å². The summed E-state index contributed by atoms with van der Waals surface area (Å²) in [7, 11) is 2.13. The molecule has 1 nitrogen and oxygen atoms in total. The molecule has 0 spiro atoms. The molecule has 0 aromatic rings. The van der Waals surface area contributed by atoms with E-state index in [4.69, 9.17) is 0 Å². The molecule has 4 aliphatic rings. The molecule has 1 heteroatoms. The molecule has 0 heterocycles. The van der Waals surface area contributed by atoms with Crippen LogP contribution in [0.1, 0.15) is 52.4 Å². The van der Waals surface area contributed by atoms with Gasteiger partial charge in [0.05, 0.1) is 0 Å². The fourth-order valence-corrected chi connectivity index (χ4v) is 5.98. The van der Waals surface area contributed by atoms with Gasteiger partial charge >= 0.3 is 0 Å². The van der Waals surface area contributed by atoms with Crippen molar-refractivity contribution in [2.45, 2.75) is 52.4 Å². The molecule has 0 radical (unpaired) electrons. The Morgan fingerprint density at radius 3 is 2.29 bits per heavy atom. The van der Waals surface area contributed by atoms with Gasteiger partial charge in [-0.1, -0.05) is 13.8 Å². The van der Waals surface area contributed by atoms with Crippen molar-refractivity contribution in [2.24, 2.45) is 35.0 Å². The molecule has 1 N–H and O–H groups in total. The van der Waals surface area contributed by atoms with E-state index in [9.17, 15) is 0 Å². The van der Waals surface area contributed by atoms with Gasteiger partial charge in [-0.15, -0.1) is 0 Å². The highest BCUT2D eigenvalue weighted by Gasteiger charge is 2.54. The van der Waals surface area contributed by atoms with Crippen LogP contribution in [0.5, 0.6) is 0 Å². The number of nitrogens with one attached hydrogen (secondary N) is 1. The summed E-state index contributed by atoms with van der Waals surface area (Å²) in [6.45, 7) is 6.12. The van der Waals surface area contributed by atoms with Crippen molar-refractivity contribution in [1.82, 2.24) is 5.32 Å². The van der Waals surface area contributed by atoms with Gasteiger partial charge in [-0.25, -0.2) is 0 Å². The second kappa shape index (κ2) is 4.26. The molecular weight excluding hydrogens is 206 g/mol. The Morgan fingerprint density at radius 2 is 1.76 bits per heavy atom. The molecular formula is C16H29N. The van der Waals surface area contributed by atoms with Crippen LogP contribution >= 0.6 is 0 Å². The molecule has 4 saturated carbocycles. The summed E-state index contributed by atoms with van der Waals surface area (Å²) >= 11 is 0. The Balaban J connectivity index is 1.77. The zero-order chi connectivity index (χ0) is 12.0. The van der Waals surface area contributed by atoms with Gasteiger partial charge in [-0.05, 0) is 87.1 Å². The highest BCUT2D eigenvalue weighted by Crippen LogP contribution is 2.63. The molecule has 2 atom stereocenters. The largest absolute Gasteiger partial charge is 0.319 e. The maximum absolute atomic E-state index is 3.45. The summed E-state index contributed by atoms with van der Waals surface area (Å²) in [5.74, 6) is 5.13. The van der Waals surface area contributed by atoms with E-state index in [-0.39, 0.29) is 0 Å². The molecule has 0 aliphatic heterocycles. The van der Waals surface area contributed by atoms with E-state index in [1.54, 1.807) is 32.1 Å². The lowest BCUT2D eigenvalue weighted by Crippen LogP contribution is -2.53. The first kappa shape index (κ1) is 12.0. The summed E-state index contributed by atoms with van der Waals surface area (Å²) < 4.78 is 0. The zero-order valence-electron chi connectivity index (χ0n) is 11.8. The average molecular weight is 235 g/mol. The lowest BCUT2D eigenvalue weighted by atomic mass is 9.45. The summed E-state index contributed by atoms with van der Waals surface area (Å²) in [5, 5.41) is 3.45. The monoisotopic (exact) mass is 235 g/mol. The van der Waals surface area contributed by atoms with Gasteiger partial charge in [0.15, 0.2) is 0 Å². The fourth-order valence-electron chi connectivity index (χ4n) is 5.98. The van der Waals surface area contributed by atoms with Crippen molar-refractivity contribution >= 4 is 0 Å². The fraction of sp³-hybridized carbons (Fsp3) is 1.00. The molecule has 4 fully saturated rings. The van der Waals surface area contributed by atoms with Crippen molar-refractivity contribution in [3.8, 4) is 0 Å². The maximum Gasteiger partial charge on any atom is -0.00182 e. The van der Waals surface area contributed by atoms with Crippen LogP contribution in [0.4, 0.5) is 0 Å². The third-order valence-corrected chi connectivity index (χ3v) is 5.88. The van der Waals surface area contributed by atoms with E-state index in [0.29, 0.717) is 0 Å². The molecule has 0 saturated heterocycles. The molecule has 0 aromatic heterocycles. The third kappa shape index (κ3) is 2.05. The SMILES string of the molecule is CNCC1C2CC3CC1CC(CC(C)C)(C3)C2. The second-order valence-corrected chi connectivity index (χ2v) is 7.79. The highest BCUT2D eigenvalue weighted by atomic mass is 14.8. The Kier molecular flexibility index (Phi) is 3.01. The van der Waals surface area contributed by atoms with Crippen molar-refractivity contribution in [1.29, 1.82) is 0 Å². The number of rotatable bonds is 4. The van der Waals surface area contributed by atoms with E-state index in [2.05, 4.69) is 26.2 Å². The van der Waals surface area contributed by atoms with Crippen molar-refractivity contribution in [3.05, 3.63) is 0 Å². The topological polar surface area (TPSA) is 12.0 Å². The van der Waals surface area contributed by atoms with Crippen LogP contribution in [0.3, 0.4) is 0 Å². The normalized spacial score (nSPS) is 48.0. The molecule has 2 unspecified atom stereocenters. The minimum atomic E-state index is 0.773. The number of hydrogen-bond donors (Lipinski definition) is 1. The molecule has 98 valence electrons. The predicted molar refractivity (Wildman–Crippen MR) is 72.9 cm³/mol. The van der Waals surface area contributed by atoms with E-state index in [1.807, 2.05) is 0 Å². The maximum atomic E-state index is 3.45. The average Bonchev–Trinajstić information content (AvgIpc) is 2.20. The summed E-state index contributed by atoms with van der Waals surface area (Å²) in [5.41, 5.74) is 0.773. The minimum absolute atomic E-state index is 0.773. The Morgan fingerprint density at radius 1 is 1.12 bits per heavy atom. The van der Waals surface area contributed by atoms with Crippen LogP contribution < -0.4 is 5.32 Å². The van der Waals surface area contributed by atoms with Gasteiger partial charge < -0.3 is 5.32 Å². The molecule has 4 rings (SSSR count). The minimum Gasteiger partial charge on any atom is -0.319 e. The highest BCUT2D eigenvalue weighted by molar-refractivity contribution is 5.05. The molecule has 4 aliphatic carbocycles. The lowest BCUT2D eigenvalue weighted by molar-refractivity contribution is -0.102.